The van der Waals surface area contributed by atoms with Gasteiger partial charge in [0.15, 0.2) is 18.1 Å². The summed E-state index contributed by atoms with van der Waals surface area (Å²) < 4.78 is 16.2. The number of hydrogen-bond acceptors (Lipinski definition) is 5. The molecule has 0 atom stereocenters. The Kier molecular flexibility index (Phi) is 8.04. The molecule has 26 heavy (non-hydrogen) atoms. The highest BCUT2D eigenvalue weighted by atomic mass is 35.5. The lowest BCUT2D eigenvalue weighted by molar-refractivity contribution is -0.124. The van der Waals surface area contributed by atoms with Crippen LogP contribution in [0, 0.1) is 0 Å². The van der Waals surface area contributed by atoms with Gasteiger partial charge in [-0.2, -0.15) is 0 Å². The first-order valence-electron chi connectivity index (χ1n) is 9.10. The number of rotatable bonds is 9. The Balaban J connectivity index is 1.99. The Morgan fingerprint density at radius 3 is 2.58 bits per heavy atom. The van der Waals surface area contributed by atoms with E-state index in [9.17, 15) is 9.59 Å². The fraction of sp³-hybridized carbons (Fsp3) is 0.579. The third-order valence-corrected chi connectivity index (χ3v) is 4.33. The Bertz CT molecular complexity index is 629. The van der Waals surface area contributed by atoms with Gasteiger partial charge in [0.05, 0.1) is 23.8 Å². The first-order chi connectivity index (χ1) is 12.5. The molecule has 0 spiro atoms. The average molecular weight is 384 g/mol. The van der Waals surface area contributed by atoms with Crippen LogP contribution in [0.25, 0.3) is 0 Å². The molecule has 2 rings (SSSR count). The predicted molar refractivity (Wildman–Crippen MR) is 99.1 cm³/mol. The van der Waals surface area contributed by atoms with Crippen LogP contribution >= 0.6 is 11.6 Å². The van der Waals surface area contributed by atoms with Gasteiger partial charge in [-0.3, -0.25) is 4.79 Å². The monoisotopic (exact) mass is 383 g/mol. The van der Waals surface area contributed by atoms with E-state index in [0.29, 0.717) is 24.7 Å². The molecule has 0 bridgehead atoms. The molecule has 0 aliphatic heterocycles. The summed E-state index contributed by atoms with van der Waals surface area (Å²) in [7, 11) is 0. The third-order valence-electron chi connectivity index (χ3n) is 4.05. The van der Waals surface area contributed by atoms with E-state index < -0.39 is 5.97 Å². The highest BCUT2D eigenvalue weighted by molar-refractivity contribution is 6.32. The van der Waals surface area contributed by atoms with E-state index in [1.54, 1.807) is 0 Å². The molecule has 0 aromatic heterocycles. The van der Waals surface area contributed by atoms with Crippen molar-refractivity contribution in [3.63, 3.8) is 0 Å². The molecule has 1 aliphatic carbocycles. The maximum Gasteiger partial charge on any atom is 0.338 e. The Morgan fingerprint density at radius 1 is 1.19 bits per heavy atom. The second-order valence-electron chi connectivity index (χ2n) is 6.19. The lowest BCUT2D eigenvalue weighted by atomic mass is 10.2. The summed E-state index contributed by atoms with van der Waals surface area (Å²) >= 11 is 6.23. The average Bonchev–Trinajstić information content (AvgIpc) is 3.12. The Hall–Kier alpha value is -1.95. The molecule has 1 amide bonds. The molecule has 6 nitrogen and oxygen atoms in total. The topological polar surface area (TPSA) is 73.9 Å². The second-order valence-corrected chi connectivity index (χ2v) is 6.60. The van der Waals surface area contributed by atoms with E-state index in [4.69, 9.17) is 25.8 Å². The van der Waals surface area contributed by atoms with E-state index in [1.165, 1.54) is 12.1 Å². The highest BCUT2D eigenvalue weighted by Gasteiger charge is 2.20. The van der Waals surface area contributed by atoms with E-state index in [-0.39, 0.29) is 29.1 Å². The van der Waals surface area contributed by atoms with Crippen molar-refractivity contribution < 1.29 is 23.8 Å². The maximum absolute atomic E-state index is 12.3. The third kappa shape index (κ3) is 5.80. The zero-order valence-corrected chi connectivity index (χ0v) is 16.1. The maximum atomic E-state index is 12.3. The van der Waals surface area contributed by atoms with E-state index >= 15 is 0 Å². The van der Waals surface area contributed by atoms with E-state index in [0.717, 1.165) is 32.1 Å². The summed E-state index contributed by atoms with van der Waals surface area (Å²) in [5, 5.41) is 3.14. The fourth-order valence-electron chi connectivity index (χ4n) is 2.85. The number of carbonyl (C=O) groups excluding carboxylic acids is 2. The number of amides is 1. The summed E-state index contributed by atoms with van der Waals surface area (Å²) in [6.07, 6.45) is 5.02. The summed E-state index contributed by atoms with van der Waals surface area (Å²) in [6.45, 7) is 4.39. The van der Waals surface area contributed by atoms with Gasteiger partial charge in [0.2, 0.25) is 0 Å². The normalized spacial score (nSPS) is 14.1. The van der Waals surface area contributed by atoms with Gasteiger partial charge in [0.25, 0.3) is 5.91 Å². The first-order valence-corrected chi connectivity index (χ1v) is 9.48. The van der Waals surface area contributed by atoms with Crippen LogP contribution in [0.5, 0.6) is 11.5 Å². The Labute approximate surface area is 159 Å². The fourth-order valence-corrected chi connectivity index (χ4v) is 3.11. The van der Waals surface area contributed by atoms with E-state index in [1.807, 2.05) is 13.8 Å². The quantitative estimate of drug-likeness (QED) is 0.657. The van der Waals surface area contributed by atoms with Crippen molar-refractivity contribution in [1.29, 1.82) is 0 Å². The zero-order chi connectivity index (χ0) is 18.9. The van der Waals surface area contributed by atoms with Crippen LogP contribution in [0.4, 0.5) is 0 Å². The van der Waals surface area contributed by atoms with Crippen LogP contribution in [0.3, 0.4) is 0 Å². The van der Waals surface area contributed by atoms with Crippen LogP contribution in [0.2, 0.25) is 5.02 Å². The van der Waals surface area contributed by atoms with Gasteiger partial charge in [-0.05, 0) is 38.3 Å². The van der Waals surface area contributed by atoms with Crippen molar-refractivity contribution in [2.45, 2.75) is 52.0 Å². The summed E-state index contributed by atoms with van der Waals surface area (Å²) in [4.78, 5) is 24.1. The molecule has 0 saturated heterocycles. The molecule has 0 radical (unpaired) electrons. The minimum absolute atomic E-state index is 0.190. The molecule has 1 fully saturated rings. The molecule has 7 heteroatoms. The Morgan fingerprint density at radius 2 is 1.92 bits per heavy atom. The molecule has 0 heterocycles. The molecule has 0 unspecified atom stereocenters. The summed E-state index contributed by atoms with van der Waals surface area (Å²) in [5.41, 5.74) is 0.218. The first kappa shape index (κ1) is 20.4. The SMILES string of the molecule is CCCOc1c(Cl)cc(C(=O)OCC(=O)NC2CCCC2)cc1OCC. The largest absolute Gasteiger partial charge is 0.490 e. The van der Waals surface area contributed by atoms with Crippen molar-refractivity contribution >= 4 is 23.5 Å². The molecule has 1 aliphatic rings. The molecular formula is C19H26ClNO5. The number of halogens is 1. The summed E-state index contributed by atoms with van der Waals surface area (Å²) in [6, 6.07) is 3.18. The van der Waals surface area contributed by atoms with Gasteiger partial charge in [0.1, 0.15) is 0 Å². The minimum atomic E-state index is -0.628. The van der Waals surface area contributed by atoms with Crippen LogP contribution in [0.1, 0.15) is 56.3 Å². The van der Waals surface area contributed by atoms with Crippen molar-refractivity contribution in [2.75, 3.05) is 19.8 Å². The van der Waals surface area contributed by atoms with Gasteiger partial charge in [-0.1, -0.05) is 31.4 Å². The van der Waals surface area contributed by atoms with Crippen molar-refractivity contribution in [2.24, 2.45) is 0 Å². The smallest absolute Gasteiger partial charge is 0.338 e. The number of carbonyl (C=O) groups is 2. The zero-order valence-electron chi connectivity index (χ0n) is 15.3. The number of esters is 1. The van der Waals surface area contributed by atoms with Gasteiger partial charge in [-0.15, -0.1) is 0 Å². The summed E-state index contributed by atoms with van der Waals surface area (Å²) in [5.74, 6) is -0.123. The number of ether oxygens (including phenoxy) is 3. The van der Waals surface area contributed by atoms with Gasteiger partial charge in [0, 0.05) is 6.04 Å². The molecule has 1 saturated carbocycles. The minimum Gasteiger partial charge on any atom is -0.490 e. The van der Waals surface area contributed by atoms with Gasteiger partial charge < -0.3 is 19.5 Å². The molecule has 1 aromatic rings. The lowest BCUT2D eigenvalue weighted by Crippen LogP contribution is -2.35. The molecule has 144 valence electrons. The molecular weight excluding hydrogens is 358 g/mol. The number of hydrogen-bond donors (Lipinski definition) is 1. The van der Waals surface area contributed by atoms with Gasteiger partial charge in [-0.25, -0.2) is 4.79 Å². The predicted octanol–water partition coefficient (Wildman–Crippen LogP) is 3.74. The van der Waals surface area contributed by atoms with Crippen LogP contribution in [-0.4, -0.2) is 37.7 Å². The van der Waals surface area contributed by atoms with Crippen molar-refractivity contribution in [1.82, 2.24) is 5.32 Å². The standard InChI is InChI=1S/C19H26ClNO5/c1-3-9-25-18-15(20)10-13(11-16(18)24-4-2)19(23)26-12-17(22)21-14-7-5-6-8-14/h10-11,14H,3-9,12H2,1-2H3,(H,21,22). The number of benzene rings is 1. The number of nitrogens with one attached hydrogen (secondary N) is 1. The van der Waals surface area contributed by atoms with E-state index in [2.05, 4.69) is 5.32 Å². The van der Waals surface area contributed by atoms with Crippen LogP contribution < -0.4 is 14.8 Å². The lowest BCUT2D eigenvalue weighted by Gasteiger charge is -2.15. The van der Waals surface area contributed by atoms with Gasteiger partial charge >= 0.3 is 5.97 Å². The van der Waals surface area contributed by atoms with Crippen molar-refractivity contribution in [3.8, 4) is 11.5 Å². The second kappa shape index (κ2) is 10.3. The highest BCUT2D eigenvalue weighted by Crippen LogP contribution is 2.37. The van der Waals surface area contributed by atoms with Crippen LogP contribution in [0.15, 0.2) is 12.1 Å². The molecule has 1 N–H and O–H groups in total. The van der Waals surface area contributed by atoms with Crippen molar-refractivity contribution in [3.05, 3.63) is 22.7 Å². The molecule has 1 aromatic carbocycles. The van der Waals surface area contributed by atoms with Crippen LogP contribution in [-0.2, 0) is 9.53 Å².